The molecule has 1 aromatic heterocycles. The number of halogens is 1. The molecule has 0 saturated heterocycles. The first-order valence-electron chi connectivity index (χ1n) is 6.25. The van der Waals surface area contributed by atoms with Crippen LogP contribution in [0.1, 0.15) is 11.1 Å². The smallest absolute Gasteiger partial charge is 0.198 e. The van der Waals surface area contributed by atoms with E-state index in [4.69, 9.17) is 11.6 Å². The predicted molar refractivity (Wildman–Crippen MR) is 83.4 cm³/mol. The van der Waals surface area contributed by atoms with E-state index in [9.17, 15) is 5.11 Å². The van der Waals surface area contributed by atoms with Gasteiger partial charge in [-0.25, -0.2) is 0 Å². The average Bonchev–Trinajstić information content (AvgIpc) is 2.74. The molecule has 20 heavy (non-hydrogen) atoms. The second-order valence-corrected chi connectivity index (χ2v) is 5.05. The van der Waals surface area contributed by atoms with Crippen LogP contribution in [0.4, 0.5) is 5.69 Å². The fourth-order valence-electron chi connectivity index (χ4n) is 2.13. The van der Waals surface area contributed by atoms with Gasteiger partial charge in [-0.05, 0) is 30.7 Å². The molecule has 2 N–H and O–H groups in total. The molecule has 0 aliphatic carbocycles. The van der Waals surface area contributed by atoms with E-state index >= 15 is 0 Å². The van der Waals surface area contributed by atoms with E-state index in [1.54, 1.807) is 6.21 Å². The quantitative estimate of drug-likeness (QED) is 0.665. The zero-order valence-corrected chi connectivity index (χ0v) is 11.6. The number of aromatic nitrogens is 1. The fraction of sp³-hybridized carbons (Fsp3) is 0.0625. The zero-order chi connectivity index (χ0) is 14.1. The first-order chi connectivity index (χ1) is 9.65. The molecule has 0 bridgehead atoms. The molecular weight excluding hydrogens is 272 g/mol. The molecule has 1 heterocycles. The molecule has 4 heteroatoms. The number of para-hydroxylation sites is 1. The van der Waals surface area contributed by atoms with Gasteiger partial charge >= 0.3 is 0 Å². The monoisotopic (exact) mass is 284 g/mol. The molecule has 3 nitrogen and oxygen atoms in total. The molecule has 0 spiro atoms. The highest BCUT2D eigenvalue weighted by molar-refractivity contribution is 6.33. The number of H-pyrrole nitrogens is 1. The number of hydrogen-bond donors (Lipinski definition) is 2. The second-order valence-electron chi connectivity index (χ2n) is 4.65. The van der Waals surface area contributed by atoms with Crippen LogP contribution in [0.15, 0.2) is 47.5 Å². The molecule has 0 radical (unpaired) electrons. The number of nitrogens with zero attached hydrogens (tertiary/aromatic N) is 1. The Hall–Kier alpha value is -2.26. The summed E-state index contributed by atoms with van der Waals surface area (Å²) in [5, 5.41) is 11.5. The third kappa shape index (κ3) is 2.28. The molecule has 0 amide bonds. The zero-order valence-electron chi connectivity index (χ0n) is 10.9. The third-order valence-corrected chi connectivity index (χ3v) is 3.46. The Morgan fingerprint density at radius 1 is 1.20 bits per heavy atom. The van der Waals surface area contributed by atoms with Crippen LogP contribution in [0.3, 0.4) is 0 Å². The van der Waals surface area contributed by atoms with Crippen molar-refractivity contribution in [1.29, 1.82) is 0 Å². The lowest BCUT2D eigenvalue weighted by Crippen LogP contribution is -1.80. The van der Waals surface area contributed by atoms with E-state index < -0.39 is 0 Å². The molecule has 3 rings (SSSR count). The van der Waals surface area contributed by atoms with E-state index in [0.29, 0.717) is 16.3 Å². The van der Waals surface area contributed by atoms with Crippen molar-refractivity contribution in [2.75, 3.05) is 0 Å². The molecule has 0 saturated carbocycles. The van der Waals surface area contributed by atoms with Crippen LogP contribution in [0.25, 0.3) is 10.9 Å². The summed E-state index contributed by atoms with van der Waals surface area (Å²) in [7, 11) is 0. The van der Waals surface area contributed by atoms with Crippen LogP contribution < -0.4 is 0 Å². The largest absolute Gasteiger partial charge is 0.494 e. The van der Waals surface area contributed by atoms with Crippen molar-refractivity contribution in [3.63, 3.8) is 0 Å². The maximum absolute atomic E-state index is 9.95. The summed E-state index contributed by atoms with van der Waals surface area (Å²) >= 11 is 6.14. The van der Waals surface area contributed by atoms with E-state index in [1.807, 2.05) is 49.4 Å². The lowest BCUT2D eigenvalue weighted by molar-refractivity contribution is 0.457. The number of benzene rings is 2. The van der Waals surface area contributed by atoms with Gasteiger partial charge in [0.2, 0.25) is 0 Å². The average molecular weight is 285 g/mol. The SMILES string of the molecule is Cc1ccc(N=Cc2c(O)[nH]c3ccccc23)c(Cl)c1. The van der Waals surface area contributed by atoms with Crippen molar-refractivity contribution >= 4 is 34.4 Å². The van der Waals surface area contributed by atoms with Gasteiger partial charge in [0.05, 0.1) is 16.3 Å². The number of aliphatic imine (C=N–C) groups is 1. The van der Waals surface area contributed by atoms with Crippen molar-refractivity contribution in [1.82, 2.24) is 4.98 Å². The van der Waals surface area contributed by atoms with Crippen molar-refractivity contribution in [3.05, 3.63) is 58.6 Å². The van der Waals surface area contributed by atoms with Crippen LogP contribution in [0.5, 0.6) is 5.88 Å². The predicted octanol–water partition coefficient (Wildman–Crippen LogP) is 4.59. The van der Waals surface area contributed by atoms with Gasteiger partial charge in [-0.15, -0.1) is 0 Å². The summed E-state index contributed by atoms with van der Waals surface area (Å²) in [5.41, 5.74) is 3.31. The Morgan fingerprint density at radius 3 is 2.80 bits per heavy atom. The molecule has 3 aromatic rings. The first kappa shape index (κ1) is 12.8. The molecule has 0 unspecified atom stereocenters. The van der Waals surface area contributed by atoms with Crippen LogP contribution in [-0.2, 0) is 0 Å². The molecule has 100 valence electrons. The Balaban J connectivity index is 2.04. The van der Waals surface area contributed by atoms with Crippen molar-refractivity contribution in [3.8, 4) is 5.88 Å². The molecule has 2 aromatic carbocycles. The summed E-state index contributed by atoms with van der Waals surface area (Å²) in [6.45, 7) is 1.98. The summed E-state index contributed by atoms with van der Waals surface area (Å²) < 4.78 is 0. The molecule has 0 aliphatic rings. The van der Waals surface area contributed by atoms with E-state index in [0.717, 1.165) is 16.5 Å². The fourth-order valence-corrected chi connectivity index (χ4v) is 2.41. The number of aromatic hydroxyl groups is 1. The molecule has 0 fully saturated rings. The highest BCUT2D eigenvalue weighted by Crippen LogP contribution is 2.28. The van der Waals surface area contributed by atoms with Crippen molar-refractivity contribution < 1.29 is 5.11 Å². The summed E-state index contributed by atoms with van der Waals surface area (Å²) in [6, 6.07) is 13.4. The Bertz CT molecular complexity index is 805. The molecule has 0 aliphatic heterocycles. The maximum atomic E-state index is 9.95. The number of rotatable bonds is 2. The van der Waals surface area contributed by atoms with Gasteiger partial charge in [0.1, 0.15) is 0 Å². The second kappa shape index (κ2) is 5.02. The van der Waals surface area contributed by atoms with Gasteiger partial charge in [-0.1, -0.05) is 35.9 Å². The summed E-state index contributed by atoms with van der Waals surface area (Å²) in [6.07, 6.45) is 1.63. The topological polar surface area (TPSA) is 48.4 Å². The van der Waals surface area contributed by atoms with Crippen LogP contribution in [-0.4, -0.2) is 16.3 Å². The number of aromatic amines is 1. The van der Waals surface area contributed by atoms with E-state index in [1.165, 1.54) is 0 Å². The van der Waals surface area contributed by atoms with Gasteiger partial charge < -0.3 is 10.1 Å². The third-order valence-electron chi connectivity index (χ3n) is 3.16. The summed E-state index contributed by atoms with van der Waals surface area (Å²) in [5.74, 6) is 0.109. The minimum Gasteiger partial charge on any atom is -0.494 e. The van der Waals surface area contributed by atoms with Gasteiger partial charge in [-0.2, -0.15) is 0 Å². The normalized spacial score (nSPS) is 11.5. The van der Waals surface area contributed by atoms with Crippen LogP contribution in [0.2, 0.25) is 5.02 Å². The maximum Gasteiger partial charge on any atom is 0.198 e. The Labute approximate surface area is 121 Å². The summed E-state index contributed by atoms with van der Waals surface area (Å²) in [4.78, 5) is 7.28. The van der Waals surface area contributed by atoms with E-state index in [-0.39, 0.29) is 5.88 Å². The Kier molecular flexibility index (Phi) is 3.20. The standard InChI is InChI=1S/C16H13ClN2O/c1-10-6-7-15(13(17)8-10)18-9-12-11-4-2-3-5-14(11)19-16(12)20/h2-9,19-20H,1H3. The molecular formula is C16H13ClN2O. The number of hydrogen-bond acceptors (Lipinski definition) is 2. The van der Waals surface area contributed by atoms with Gasteiger partial charge in [0.25, 0.3) is 0 Å². The minimum atomic E-state index is 0.109. The lowest BCUT2D eigenvalue weighted by Gasteiger charge is -1.99. The minimum absolute atomic E-state index is 0.109. The van der Waals surface area contributed by atoms with Crippen LogP contribution >= 0.6 is 11.6 Å². The number of fused-ring (bicyclic) bond motifs is 1. The van der Waals surface area contributed by atoms with Gasteiger partial charge in [-0.3, -0.25) is 4.99 Å². The van der Waals surface area contributed by atoms with Crippen molar-refractivity contribution in [2.24, 2.45) is 4.99 Å². The van der Waals surface area contributed by atoms with E-state index in [2.05, 4.69) is 9.98 Å². The Morgan fingerprint density at radius 2 is 2.00 bits per heavy atom. The van der Waals surface area contributed by atoms with Crippen molar-refractivity contribution in [2.45, 2.75) is 6.92 Å². The van der Waals surface area contributed by atoms with Gasteiger partial charge in [0, 0.05) is 17.1 Å². The highest BCUT2D eigenvalue weighted by atomic mass is 35.5. The number of aryl methyl sites for hydroxylation is 1. The first-order valence-corrected chi connectivity index (χ1v) is 6.63. The number of nitrogens with one attached hydrogen (secondary N) is 1. The van der Waals surface area contributed by atoms with Gasteiger partial charge in [0.15, 0.2) is 5.88 Å². The van der Waals surface area contributed by atoms with Crippen LogP contribution in [0, 0.1) is 6.92 Å². The lowest BCUT2D eigenvalue weighted by atomic mass is 10.2. The highest BCUT2D eigenvalue weighted by Gasteiger charge is 2.08. The molecule has 0 atom stereocenters.